The van der Waals surface area contributed by atoms with Gasteiger partial charge in [-0.3, -0.25) is 9.59 Å². The first-order chi connectivity index (χ1) is 9.31. The molecule has 0 aromatic heterocycles. The van der Waals surface area contributed by atoms with Crippen molar-refractivity contribution in [2.45, 2.75) is 13.0 Å². The van der Waals surface area contributed by atoms with Crippen LogP contribution in [0, 0.1) is 6.92 Å². The summed E-state index contributed by atoms with van der Waals surface area (Å²) in [6.07, 6.45) is 0. The van der Waals surface area contributed by atoms with E-state index in [4.69, 9.17) is 10.8 Å². The third-order valence-electron chi connectivity index (χ3n) is 2.30. The number of nitrogens with two attached hydrogens (primary N) is 1. The van der Waals surface area contributed by atoms with E-state index in [0.29, 0.717) is 5.69 Å². The highest BCUT2D eigenvalue weighted by molar-refractivity contribution is 9.11. The fraction of sp³-hybridized carbons (Fsp3) is 0.333. The molecular formula is C12H14Br2N2O3S. The highest BCUT2D eigenvalue weighted by Gasteiger charge is 2.14. The van der Waals surface area contributed by atoms with Gasteiger partial charge in [-0.05, 0) is 56.5 Å². The van der Waals surface area contributed by atoms with E-state index >= 15 is 0 Å². The molecule has 1 atom stereocenters. The molecule has 0 heterocycles. The summed E-state index contributed by atoms with van der Waals surface area (Å²) in [5.41, 5.74) is 7.07. The predicted octanol–water partition coefficient (Wildman–Crippen LogP) is 2.60. The van der Waals surface area contributed by atoms with Crippen LogP contribution in [0.2, 0.25) is 0 Å². The molecule has 0 saturated heterocycles. The van der Waals surface area contributed by atoms with Crippen LogP contribution < -0.4 is 11.1 Å². The number of thioether (sulfide) groups is 1. The van der Waals surface area contributed by atoms with Crippen LogP contribution in [0.25, 0.3) is 0 Å². The second-order valence-electron chi connectivity index (χ2n) is 4.11. The van der Waals surface area contributed by atoms with Gasteiger partial charge in [-0.15, -0.1) is 11.8 Å². The number of aryl methyl sites for hydroxylation is 1. The lowest BCUT2D eigenvalue weighted by Gasteiger charge is -2.11. The Bertz CT molecular complexity index is 502. The van der Waals surface area contributed by atoms with Crippen molar-refractivity contribution in [1.82, 2.24) is 0 Å². The number of amides is 1. The number of nitrogens with one attached hydrogen (secondary N) is 1. The van der Waals surface area contributed by atoms with E-state index in [2.05, 4.69) is 37.2 Å². The van der Waals surface area contributed by atoms with Crippen LogP contribution >= 0.6 is 43.6 Å². The standard InChI is InChI=1S/C12H14Br2N2O3S/c1-6-2-7(13)11(8(14)3-6)16-10(17)5-20-4-9(15)12(18)19/h2-3,9H,4-5,15H2,1H3,(H,16,17)(H,18,19)/t9-/m0/s1. The third kappa shape index (κ3) is 5.43. The largest absolute Gasteiger partial charge is 0.480 e. The maximum atomic E-state index is 11.8. The number of carbonyl (C=O) groups excluding carboxylic acids is 1. The summed E-state index contributed by atoms with van der Waals surface area (Å²) in [6, 6.07) is 2.84. The summed E-state index contributed by atoms with van der Waals surface area (Å²) in [5, 5.41) is 11.4. The maximum Gasteiger partial charge on any atom is 0.321 e. The van der Waals surface area contributed by atoms with E-state index in [-0.39, 0.29) is 17.4 Å². The van der Waals surface area contributed by atoms with Crippen LogP contribution in [0.5, 0.6) is 0 Å². The molecule has 5 nitrogen and oxygen atoms in total. The van der Waals surface area contributed by atoms with Crippen LogP contribution in [0.1, 0.15) is 5.56 Å². The minimum atomic E-state index is -1.07. The topological polar surface area (TPSA) is 92.4 Å². The molecule has 0 spiro atoms. The molecule has 0 unspecified atom stereocenters. The van der Waals surface area contributed by atoms with Crippen LogP contribution in [0.4, 0.5) is 5.69 Å². The molecule has 4 N–H and O–H groups in total. The molecule has 1 rings (SSSR count). The zero-order valence-electron chi connectivity index (χ0n) is 10.7. The van der Waals surface area contributed by atoms with E-state index < -0.39 is 12.0 Å². The molecule has 1 aromatic carbocycles. The predicted molar refractivity (Wildman–Crippen MR) is 88.1 cm³/mol. The number of anilines is 1. The summed E-state index contributed by atoms with van der Waals surface area (Å²) >= 11 is 7.96. The van der Waals surface area contributed by atoms with Gasteiger partial charge in [0.25, 0.3) is 0 Å². The van der Waals surface area contributed by atoms with Gasteiger partial charge in [0.15, 0.2) is 0 Å². The van der Waals surface area contributed by atoms with Crippen molar-refractivity contribution in [3.05, 3.63) is 26.6 Å². The maximum absolute atomic E-state index is 11.8. The molecule has 1 amide bonds. The molecular weight excluding hydrogens is 412 g/mol. The van der Waals surface area contributed by atoms with Gasteiger partial charge >= 0.3 is 5.97 Å². The van der Waals surface area contributed by atoms with Crippen LogP contribution in [-0.4, -0.2) is 34.5 Å². The van der Waals surface area contributed by atoms with E-state index in [0.717, 1.165) is 14.5 Å². The molecule has 1 aromatic rings. The Hall–Kier alpha value is -0.570. The minimum absolute atomic E-state index is 0.147. The smallest absolute Gasteiger partial charge is 0.321 e. The summed E-state index contributed by atoms with van der Waals surface area (Å²) in [6.45, 7) is 1.95. The van der Waals surface area contributed by atoms with E-state index in [1.165, 1.54) is 11.8 Å². The van der Waals surface area contributed by atoms with Crippen molar-refractivity contribution in [1.29, 1.82) is 0 Å². The highest BCUT2D eigenvalue weighted by Crippen LogP contribution is 2.32. The number of hydrogen-bond acceptors (Lipinski definition) is 4. The molecule has 0 saturated carbocycles. The van der Waals surface area contributed by atoms with Gasteiger partial charge in [0.2, 0.25) is 5.91 Å². The average molecular weight is 426 g/mol. The first-order valence-electron chi connectivity index (χ1n) is 5.63. The quantitative estimate of drug-likeness (QED) is 0.651. The van der Waals surface area contributed by atoms with Crippen molar-refractivity contribution in [2.75, 3.05) is 16.8 Å². The first-order valence-corrected chi connectivity index (χ1v) is 8.37. The van der Waals surface area contributed by atoms with Crippen molar-refractivity contribution < 1.29 is 14.7 Å². The zero-order valence-corrected chi connectivity index (χ0v) is 14.6. The van der Waals surface area contributed by atoms with Gasteiger partial charge in [-0.25, -0.2) is 0 Å². The third-order valence-corrected chi connectivity index (χ3v) is 4.61. The molecule has 0 aliphatic carbocycles. The van der Waals surface area contributed by atoms with Gasteiger partial charge in [0.05, 0.1) is 11.4 Å². The average Bonchev–Trinajstić information content (AvgIpc) is 2.33. The zero-order chi connectivity index (χ0) is 15.3. The summed E-state index contributed by atoms with van der Waals surface area (Å²) in [4.78, 5) is 22.3. The summed E-state index contributed by atoms with van der Waals surface area (Å²) in [7, 11) is 0. The Balaban J connectivity index is 2.53. The second kappa shape index (κ2) is 8.02. The van der Waals surface area contributed by atoms with Crippen molar-refractivity contribution in [3.63, 3.8) is 0 Å². The number of halogens is 2. The molecule has 0 aliphatic rings. The van der Waals surface area contributed by atoms with E-state index in [9.17, 15) is 9.59 Å². The Labute approximate surface area is 137 Å². The first kappa shape index (κ1) is 17.5. The lowest BCUT2D eigenvalue weighted by Crippen LogP contribution is -2.33. The summed E-state index contributed by atoms with van der Waals surface area (Å²) < 4.78 is 1.56. The molecule has 0 aliphatic heterocycles. The highest BCUT2D eigenvalue weighted by atomic mass is 79.9. The number of carboxylic acids is 1. The molecule has 0 radical (unpaired) electrons. The fourth-order valence-electron chi connectivity index (χ4n) is 1.34. The number of hydrogen-bond donors (Lipinski definition) is 3. The lowest BCUT2D eigenvalue weighted by molar-refractivity contribution is -0.137. The molecule has 0 bridgehead atoms. The van der Waals surface area contributed by atoms with Crippen molar-refractivity contribution in [2.24, 2.45) is 5.73 Å². The Morgan fingerprint density at radius 1 is 1.40 bits per heavy atom. The summed E-state index contributed by atoms with van der Waals surface area (Å²) in [5.74, 6) is -0.938. The van der Waals surface area contributed by atoms with E-state index in [1.54, 1.807) is 0 Å². The lowest BCUT2D eigenvalue weighted by atomic mass is 10.2. The van der Waals surface area contributed by atoms with Gasteiger partial charge in [0, 0.05) is 14.7 Å². The van der Waals surface area contributed by atoms with Crippen LogP contribution in [0.3, 0.4) is 0 Å². The number of carboxylic acid groups (broad SMARTS) is 1. The minimum Gasteiger partial charge on any atom is -0.480 e. The molecule has 0 fully saturated rings. The van der Waals surface area contributed by atoms with Gasteiger partial charge in [0.1, 0.15) is 6.04 Å². The Morgan fingerprint density at radius 3 is 2.45 bits per heavy atom. The SMILES string of the molecule is Cc1cc(Br)c(NC(=O)CSC[C@H](N)C(=O)O)c(Br)c1. The van der Waals surface area contributed by atoms with Crippen LogP contribution in [0.15, 0.2) is 21.1 Å². The number of rotatable bonds is 6. The van der Waals surface area contributed by atoms with E-state index in [1.807, 2.05) is 19.1 Å². The molecule has 20 heavy (non-hydrogen) atoms. The Morgan fingerprint density at radius 2 is 1.95 bits per heavy atom. The van der Waals surface area contributed by atoms with Gasteiger partial charge < -0.3 is 16.2 Å². The van der Waals surface area contributed by atoms with Gasteiger partial charge in [-0.1, -0.05) is 0 Å². The molecule has 8 heteroatoms. The number of carbonyl (C=O) groups is 2. The normalized spacial score (nSPS) is 12.0. The number of aliphatic carboxylic acids is 1. The Kier molecular flexibility index (Phi) is 7.01. The van der Waals surface area contributed by atoms with Crippen LogP contribution in [-0.2, 0) is 9.59 Å². The van der Waals surface area contributed by atoms with Crippen molar-refractivity contribution in [3.8, 4) is 0 Å². The monoisotopic (exact) mass is 424 g/mol. The fourth-order valence-corrected chi connectivity index (χ4v) is 3.73. The van der Waals surface area contributed by atoms with Crippen molar-refractivity contribution >= 4 is 61.2 Å². The second-order valence-corrected chi connectivity index (χ2v) is 6.85. The van der Waals surface area contributed by atoms with Gasteiger partial charge in [-0.2, -0.15) is 0 Å². The number of benzene rings is 1. The molecule has 110 valence electrons.